The molecule has 2 rings (SSSR count). The zero-order chi connectivity index (χ0) is 11.7. The number of hydrogen-bond acceptors (Lipinski definition) is 3. The summed E-state index contributed by atoms with van der Waals surface area (Å²) in [6.45, 7) is 0. The molecular weight excluding hydrogens is 212 g/mol. The van der Waals surface area contributed by atoms with Crippen LogP contribution >= 0.6 is 0 Å². The number of benzene rings is 1. The summed E-state index contributed by atoms with van der Waals surface area (Å²) >= 11 is 0. The number of rotatable bonds is 2. The van der Waals surface area contributed by atoms with Gasteiger partial charge in [-0.25, -0.2) is 9.59 Å². The van der Waals surface area contributed by atoms with Crippen LogP contribution < -0.4 is 4.74 Å². The van der Waals surface area contributed by atoms with Gasteiger partial charge in [-0.2, -0.15) is 0 Å². The lowest BCUT2D eigenvalue weighted by atomic mass is 10.0. The second kappa shape index (κ2) is 3.69. The zero-order valence-electron chi connectivity index (χ0n) is 8.14. The van der Waals surface area contributed by atoms with E-state index in [9.17, 15) is 9.59 Å². The highest BCUT2D eigenvalue weighted by atomic mass is 16.5. The highest BCUT2D eigenvalue weighted by Crippen LogP contribution is 2.29. The Hall–Kier alpha value is -2.30. The normalized spacial score (nSPS) is 14.0. The van der Waals surface area contributed by atoms with Gasteiger partial charge in [0.25, 0.3) is 0 Å². The van der Waals surface area contributed by atoms with Crippen molar-refractivity contribution >= 4 is 11.9 Å². The number of carbonyl (C=O) groups is 2. The summed E-state index contributed by atoms with van der Waals surface area (Å²) in [6, 6.07) is 6.76. The molecule has 0 amide bonds. The molecule has 0 atom stereocenters. The summed E-state index contributed by atoms with van der Waals surface area (Å²) in [5.74, 6) is -2.75. The van der Waals surface area contributed by atoms with Crippen molar-refractivity contribution < 1.29 is 24.5 Å². The molecule has 0 fully saturated rings. The van der Waals surface area contributed by atoms with Crippen LogP contribution in [0.3, 0.4) is 0 Å². The van der Waals surface area contributed by atoms with Gasteiger partial charge in [0.05, 0.1) is 5.57 Å². The van der Waals surface area contributed by atoms with E-state index in [1.165, 1.54) is 0 Å². The van der Waals surface area contributed by atoms with Crippen molar-refractivity contribution in [3.05, 3.63) is 41.2 Å². The van der Waals surface area contributed by atoms with Gasteiger partial charge in [0.15, 0.2) is 0 Å². The van der Waals surface area contributed by atoms with Crippen LogP contribution in [-0.2, 0) is 16.0 Å². The Balaban J connectivity index is 2.49. The number of aliphatic carboxylic acids is 2. The Bertz CT molecular complexity index is 456. The third-order valence-electron chi connectivity index (χ3n) is 2.28. The molecule has 0 saturated carbocycles. The molecule has 1 aliphatic heterocycles. The van der Waals surface area contributed by atoms with Crippen molar-refractivity contribution in [2.24, 2.45) is 0 Å². The SMILES string of the molecule is O=C(O)C1=C(C(=O)O)Oc2ccccc2C1. The summed E-state index contributed by atoms with van der Waals surface area (Å²) in [7, 11) is 0. The first-order chi connectivity index (χ1) is 7.59. The average Bonchev–Trinajstić information content (AvgIpc) is 2.27. The molecule has 5 heteroatoms. The summed E-state index contributed by atoms with van der Waals surface area (Å²) in [5, 5.41) is 17.7. The standard InChI is InChI=1S/C11H8O5/c12-10(13)7-5-6-3-1-2-4-8(6)16-9(7)11(14)15/h1-4H,5H2,(H,12,13)(H,14,15). The van der Waals surface area contributed by atoms with E-state index in [1.807, 2.05) is 0 Å². The molecule has 1 aliphatic rings. The minimum Gasteiger partial charge on any atom is -0.478 e. The van der Waals surface area contributed by atoms with Gasteiger partial charge in [0, 0.05) is 6.42 Å². The second-order valence-electron chi connectivity index (χ2n) is 3.30. The van der Waals surface area contributed by atoms with Crippen LogP contribution in [0.25, 0.3) is 0 Å². The highest BCUT2D eigenvalue weighted by molar-refractivity contribution is 5.98. The number of carboxylic acids is 2. The lowest BCUT2D eigenvalue weighted by Crippen LogP contribution is -2.21. The van der Waals surface area contributed by atoms with Crippen molar-refractivity contribution in [3.8, 4) is 5.75 Å². The first-order valence-electron chi connectivity index (χ1n) is 4.55. The van der Waals surface area contributed by atoms with Crippen molar-refractivity contribution in [2.45, 2.75) is 6.42 Å². The van der Waals surface area contributed by atoms with E-state index >= 15 is 0 Å². The Morgan fingerprint density at radius 2 is 1.81 bits per heavy atom. The molecule has 1 aromatic rings. The minimum atomic E-state index is -1.37. The Kier molecular flexibility index (Phi) is 2.36. The van der Waals surface area contributed by atoms with Crippen LogP contribution in [0.4, 0.5) is 0 Å². The average molecular weight is 220 g/mol. The molecule has 1 aromatic carbocycles. The second-order valence-corrected chi connectivity index (χ2v) is 3.30. The van der Waals surface area contributed by atoms with E-state index in [4.69, 9.17) is 14.9 Å². The molecule has 2 N–H and O–H groups in total. The first kappa shape index (κ1) is 10.2. The van der Waals surface area contributed by atoms with Crippen molar-refractivity contribution in [1.82, 2.24) is 0 Å². The van der Waals surface area contributed by atoms with Crippen LogP contribution in [0.5, 0.6) is 5.75 Å². The highest BCUT2D eigenvalue weighted by Gasteiger charge is 2.28. The van der Waals surface area contributed by atoms with E-state index < -0.39 is 17.7 Å². The molecule has 0 aliphatic carbocycles. The summed E-state index contributed by atoms with van der Waals surface area (Å²) in [6.07, 6.45) is 0.0626. The quantitative estimate of drug-likeness (QED) is 0.778. The van der Waals surface area contributed by atoms with Crippen LogP contribution in [0.1, 0.15) is 5.56 Å². The molecule has 0 aromatic heterocycles. The molecule has 0 bridgehead atoms. The topological polar surface area (TPSA) is 83.8 Å². The third kappa shape index (κ3) is 1.63. The molecule has 0 spiro atoms. The summed E-state index contributed by atoms with van der Waals surface area (Å²) in [5.41, 5.74) is 0.441. The Morgan fingerprint density at radius 1 is 1.12 bits per heavy atom. The van der Waals surface area contributed by atoms with Crippen LogP contribution in [0.15, 0.2) is 35.6 Å². The number of carboxylic acid groups (broad SMARTS) is 2. The number of hydrogen-bond donors (Lipinski definition) is 2. The maximum Gasteiger partial charge on any atom is 0.372 e. The van der Waals surface area contributed by atoms with E-state index in [2.05, 4.69) is 0 Å². The van der Waals surface area contributed by atoms with Gasteiger partial charge in [0.2, 0.25) is 5.76 Å². The van der Waals surface area contributed by atoms with Gasteiger partial charge < -0.3 is 14.9 Å². The van der Waals surface area contributed by atoms with Crippen molar-refractivity contribution in [2.75, 3.05) is 0 Å². The molecular formula is C11H8O5. The van der Waals surface area contributed by atoms with Crippen molar-refractivity contribution in [3.63, 3.8) is 0 Å². The lowest BCUT2D eigenvalue weighted by molar-refractivity contribution is -0.138. The van der Waals surface area contributed by atoms with Crippen LogP contribution in [0.2, 0.25) is 0 Å². The largest absolute Gasteiger partial charge is 0.478 e. The van der Waals surface area contributed by atoms with Crippen LogP contribution in [0, 0.1) is 0 Å². The van der Waals surface area contributed by atoms with Gasteiger partial charge in [0.1, 0.15) is 5.75 Å². The molecule has 16 heavy (non-hydrogen) atoms. The smallest absolute Gasteiger partial charge is 0.372 e. The Morgan fingerprint density at radius 3 is 2.44 bits per heavy atom. The van der Waals surface area contributed by atoms with E-state index in [-0.39, 0.29) is 12.0 Å². The minimum absolute atomic E-state index is 0.0626. The first-order valence-corrected chi connectivity index (χ1v) is 4.55. The number of para-hydroxylation sites is 1. The molecule has 5 nitrogen and oxygen atoms in total. The van der Waals surface area contributed by atoms with Gasteiger partial charge in [-0.1, -0.05) is 18.2 Å². The number of fused-ring (bicyclic) bond motifs is 1. The number of ether oxygens (including phenoxy) is 1. The molecule has 82 valence electrons. The molecule has 0 unspecified atom stereocenters. The van der Waals surface area contributed by atoms with E-state index in [0.29, 0.717) is 11.3 Å². The maximum atomic E-state index is 10.9. The predicted molar refractivity (Wildman–Crippen MR) is 53.1 cm³/mol. The molecule has 0 saturated heterocycles. The van der Waals surface area contributed by atoms with Gasteiger partial charge in [-0.3, -0.25) is 0 Å². The predicted octanol–water partition coefficient (Wildman–Crippen LogP) is 1.04. The van der Waals surface area contributed by atoms with Gasteiger partial charge in [-0.15, -0.1) is 0 Å². The Labute approximate surface area is 90.6 Å². The van der Waals surface area contributed by atoms with Gasteiger partial charge in [-0.05, 0) is 11.6 Å². The fraction of sp³-hybridized carbons (Fsp3) is 0.0909. The summed E-state index contributed by atoms with van der Waals surface area (Å²) in [4.78, 5) is 21.7. The zero-order valence-corrected chi connectivity index (χ0v) is 8.14. The monoisotopic (exact) mass is 220 g/mol. The fourth-order valence-corrected chi connectivity index (χ4v) is 1.54. The maximum absolute atomic E-state index is 10.9. The molecule has 1 heterocycles. The summed E-state index contributed by atoms with van der Waals surface area (Å²) < 4.78 is 5.07. The van der Waals surface area contributed by atoms with Crippen molar-refractivity contribution in [1.29, 1.82) is 0 Å². The van der Waals surface area contributed by atoms with Gasteiger partial charge >= 0.3 is 11.9 Å². The molecule has 0 radical (unpaired) electrons. The lowest BCUT2D eigenvalue weighted by Gasteiger charge is -2.18. The van der Waals surface area contributed by atoms with E-state index in [1.54, 1.807) is 24.3 Å². The van der Waals surface area contributed by atoms with Crippen LogP contribution in [-0.4, -0.2) is 22.2 Å². The van der Waals surface area contributed by atoms with E-state index in [0.717, 1.165) is 0 Å². The fourth-order valence-electron chi connectivity index (χ4n) is 1.54. The third-order valence-corrected chi connectivity index (χ3v) is 2.28.